The van der Waals surface area contributed by atoms with Crippen LogP contribution in [0.15, 0.2) is 22.9 Å². The Morgan fingerprint density at radius 1 is 1.41 bits per heavy atom. The number of aryl methyl sites for hydroxylation is 2. The highest BCUT2D eigenvalue weighted by atomic mass is 16.3. The lowest BCUT2D eigenvalue weighted by Gasteiger charge is -2.03. The van der Waals surface area contributed by atoms with Gasteiger partial charge in [-0.2, -0.15) is 5.10 Å². The van der Waals surface area contributed by atoms with E-state index in [9.17, 15) is 0 Å². The molecule has 0 spiro atoms. The van der Waals surface area contributed by atoms with E-state index in [-0.39, 0.29) is 0 Å². The Morgan fingerprint density at radius 2 is 2.24 bits per heavy atom. The van der Waals surface area contributed by atoms with E-state index in [0.717, 1.165) is 42.1 Å². The molecule has 2 aromatic heterocycles. The molecule has 2 heterocycles. The Hall–Kier alpha value is -1.55. The van der Waals surface area contributed by atoms with E-state index in [0.29, 0.717) is 0 Å². The van der Waals surface area contributed by atoms with Gasteiger partial charge in [0.2, 0.25) is 0 Å². The molecule has 2 aromatic rings. The van der Waals surface area contributed by atoms with Crippen LogP contribution in [0.5, 0.6) is 0 Å². The van der Waals surface area contributed by atoms with Crippen LogP contribution in [0.25, 0.3) is 11.1 Å². The molecule has 0 aliphatic rings. The Bertz CT molecular complexity index is 485. The zero-order valence-corrected chi connectivity index (χ0v) is 10.7. The monoisotopic (exact) mass is 233 g/mol. The maximum atomic E-state index is 5.53. The van der Waals surface area contributed by atoms with Crippen molar-refractivity contribution in [1.29, 1.82) is 0 Å². The van der Waals surface area contributed by atoms with Crippen molar-refractivity contribution in [3.8, 4) is 11.1 Å². The number of rotatable bonds is 5. The fourth-order valence-electron chi connectivity index (χ4n) is 1.96. The molecule has 2 rings (SSSR count). The van der Waals surface area contributed by atoms with E-state index in [1.165, 1.54) is 0 Å². The highest BCUT2D eigenvalue weighted by Gasteiger charge is 2.12. The minimum absolute atomic E-state index is 0.768. The molecule has 0 fully saturated rings. The summed E-state index contributed by atoms with van der Waals surface area (Å²) < 4.78 is 7.36. The van der Waals surface area contributed by atoms with Gasteiger partial charge < -0.3 is 9.73 Å². The van der Waals surface area contributed by atoms with Gasteiger partial charge in [-0.3, -0.25) is 4.68 Å². The van der Waals surface area contributed by atoms with Crippen LogP contribution in [-0.2, 0) is 13.6 Å². The predicted molar refractivity (Wildman–Crippen MR) is 67.6 cm³/mol. The van der Waals surface area contributed by atoms with Crippen molar-refractivity contribution in [3.63, 3.8) is 0 Å². The maximum Gasteiger partial charge on any atom is 0.125 e. The second kappa shape index (κ2) is 5.19. The molecule has 0 saturated carbocycles. The van der Waals surface area contributed by atoms with Gasteiger partial charge in [0.25, 0.3) is 0 Å². The third kappa shape index (κ3) is 2.58. The molecule has 0 amide bonds. The van der Waals surface area contributed by atoms with Crippen molar-refractivity contribution in [3.05, 3.63) is 30.0 Å². The van der Waals surface area contributed by atoms with E-state index in [4.69, 9.17) is 4.42 Å². The quantitative estimate of drug-likeness (QED) is 0.807. The standard InChI is InChI=1S/C13H19N3O/c1-4-6-14-8-13-11(5-7-17-13)12-9-16(3)15-10(12)2/h5,7,9,14H,4,6,8H2,1-3H3. The van der Waals surface area contributed by atoms with Crippen LogP contribution in [0.3, 0.4) is 0 Å². The number of hydrogen-bond acceptors (Lipinski definition) is 3. The van der Waals surface area contributed by atoms with Crippen molar-refractivity contribution in [2.24, 2.45) is 7.05 Å². The van der Waals surface area contributed by atoms with E-state index < -0.39 is 0 Å². The first-order valence-corrected chi connectivity index (χ1v) is 6.00. The van der Waals surface area contributed by atoms with Crippen molar-refractivity contribution in [2.45, 2.75) is 26.8 Å². The van der Waals surface area contributed by atoms with Gasteiger partial charge in [-0.1, -0.05) is 6.92 Å². The molecule has 92 valence electrons. The summed E-state index contributed by atoms with van der Waals surface area (Å²) in [7, 11) is 1.94. The first kappa shape index (κ1) is 11.9. The topological polar surface area (TPSA) is 43.0 Å². The molecule has 1 N–H and O–H groups in total. The predicted octanol–water partition coefficient (Wildman–Crippen LogP) is 2.49. The molecule has 0 aromatic carbocycles. The molecule has 0 atom stereocenters. The molecular weight excluding hydrogens is 214 g/mol. The lowest BCUT2D eigenvalue weighted by molar-refractivity contribution is 0.484. The lowest BCUT2D eigenvalue weighted by atomic mass is 10.1. The van der Waals surface area contributed by atoms with Gasteiger partial charge in [0.05, 0.1) is 18.5 Å². The summed E-state index contributed by atoms with van der Waals surface area (Å²) in [6.07, 6.45) is 4.90. The maximum absolute atomic E-state index is 5.53. The summed E-state index contributed by atoms with van der Waals surface area (Å²) in [5.74, 6) is 0.981. The highest BCUT2D eigenvalue weighted by molar-refractivity contribution is 5.66. The minimum Gasteiger partial charge on any atom is -0.467 e. The lowest BCUT2D eigenvalue weighted by Crippen LogP contribution is -2.13. The van der Waals surface area contributed by atoms with Gasteiger partial charge in [0.15, 0.2) is 0 Å². The van der Waals surface area contributed by atoms with Gasteiger partial charge >= 0.3 is 0 Å². The molecule has 4 heteroatoms. The fraction of sp³-hybridized carbons (Fsp3) is 0.462. The first-order valence-electron chi connectivity index (χ1n) is 6.00. The Balaban J connectivity index is 2.21. The third-order valence-electron chi connectivity index (χ3n) is 2.76. The number of nitrogens with zero attached hydrogens (tertiary/aromatic N) is 2. The Kier molecular flexibility index (Phi) is 3.64. The summed E-state index contributed by atoms with van der Waals surface area (Å²) in [5, 5.41) is 7.71. The molecule has 0 bridgehead atoms. The van der Waals surface area contributed by atoms with Gasteiger partial charge in [0.1, 0.15) is 5.76 Å². The number of nitrogens with one attached hydrogen (secondary N) is 1. The van der Waals surface area contributed by atoms with Gasteiger partial charge in [0, 0.05) is 24.4 Å². The Labute approximate surface area is 102 Å². The van der Waals surface area contributed by atoms with E-state index in [1.807, 2.05) is 30.9 Å². The molecule has 0 aliphatic carbocycles. The second-order valence-corrected chi connectivity index (χ2v) is 4.24. The number of aromatic nitrogens is 2. The zero-order valence-electron chi connectivity index (χ0n) is 10.7. The van der Waals surface area contributed by atoms with Crippen LogP contribution < -0.4 is 5.32 Å². The van der Waals surface area contributed by atoms with Crippen LogP contribution in [0.2, 0.25) is 0 Å². The van der Waals surface area contributed by atoms with E-state index >= 15 is 0 Å². The molecule has 0 aliphatic heterocycles. The van der Waals surface area contributed by atoms with Crippen LogP contribution >= 0.6 is 0 Å². The van der Waals surface area contributed by atoms with Crippen molar-refractivity contribution in [1.82, 2.24) is 15.1 Å². The summed E-state index contributed by atoms with van der Waals surface area (Å²) in [6.45, 7) is 5.95. The normalized spacial score (nSPS) is 11.0. The average molecular weight is 233 g/mol. The molecule has 17 heavy (non-hydrogen) atoms. The Morgan fingerprint density at radius 3 is 2.88 bits per heavy atom. The largest absolute Gasteiger partial charge is 0.467 e. The van der Waals surface area contributed by atoms with Crippen molar-refractivity contribution in [2.75, 3.05) is 6.54 Å². The second-order valence-electron chi connectivity index (χ2n) is 4.24. The number of furan rings is 1. The van der Waals surface area contributed by atoms with Gasteiger partial charge in [-0.25, -0.2) is 0 Å². The smallest absolute Gasteiger partial charge is 0.125 e. The number of hydrogen-bond donors (Lipinski definition) is 1. The zero-order chi connectivity index (χ0) is 12.3. The summed E-state index contributed by atoms with van der Waals surface area (Å²) in [5.41, 5.74) is 3.32. The highest BCUT2D eigenvalue weighted by Crippen LogP contribution is 2.27. The third-order valence-corrected chi connectivity index (χ3v) is 2.76. The molecule has 0 unspecified atom stereocenters. The van der Waals surface area contributed by atoms with Gasteiger partial charge in [-0.05, 0) is 26.0 Å². The first-order chi connectivity index (χ1) is 8.22. The molecule has 0 saturated heterocycles. The fourth-order valence-corrected chi connectivity index (χ4v) is 1.96. The molecular formula is C13H19N3O. The SMILES string of the molecule is CCCNCc1occc1-c1cn(C)nc1C. The summed E-state index contributed by atoms with van der Waals surface area (Å²) >= 11 is 0. The van der Waals surface area contributed by atoms with Gasteiger partial charge in [-0.15, -0.1) is 0 Å². The van der Waals surface area contributed by atoms with Crippen LogP contribution in [0.1, 0.15) is 24.8 Å². The van der Waals surface area contributed by atoms with E-state index in [1.54, 1.807) is 6.26 Å². The van der Waals surface area contributed by atoms with Crippen molar-refractivity contribution < 1.29 is 4.42 Å². The molecule has 4 nitrogen and oxygen atoms in total. The van der Waals surface area contributed by atoms with Crippen molar-refractivity contribution >= 4 is 0 Å². The van der Waals surface area contributed by atoms with E-state index in [2.05, 4.69) is 17.3 Å². The van der Waals surface area contributed by atoms with Crippen LogP contribution in [-0.4, -0.2) is 16.3 Å². The van der Waals surface area contributed by atoms with Crippen LogP contribution in [0, 0.1) is 6.92 Å². The summed E-state index contributed by atoms with van der Waals surface area (Å²) in [4.78, 5) is 0. The average Bonchev–Trinajstić information content (AvgIpc) is 2.85. The summed E-state index contributed by atoms with van der Waals surface area (Å²) in [6, 6.07) is 2.01. The molecule has 0 radical (unpaired) electrons. The van der Waals surface area contributed by atoms with Crippen LogP contribution in [0.4, 0.5) is 0 Å². The minimum atomic E-state index is 0.768.